The molecule has 0 bridgehead atoms. The van der Waals surface area contributed by atoms with Crippen LogP contribution in [-0.2, 0) is 10.8 Å². The van der Waals surface area contributed by atoms with E-state index < -0.39 is 10.8 Å². The third-order valence-electron chi connectivity index (χ3n) is 2.33. The maximum absolute atomic E-state index is 11.7. The molecule has 0 aromatic rings. The zero-order valence-corrected chi connectivity index (χ0v) is 11.0. The van der Waals surface area contributed by atoms with Gasteiger partial charge < -0.3 is 5.32 Å². The Morgan fingerprint density at radius 3 is 2.14 bits per heavy atom. The van der Waals surface area contributed by atoms with Gasteiger partial charge in [-0.2, -0.15) is 0 Å². The molecule has 0 saturated carbocycles. The summed E-state index contributed by atoms with van der Waals surface area (Å²) < 4.78 is 11.7. The fourth-order valence-corrected chi connectivity index (χ4v) is 2.43. The molecular weight excluding hydrogens is 194 g/mol. The van der Waals surface area contributed by atoms with E-state index in [1.807, 2.05) is 13.8 Å². The summed E-state index contributed by atoms with van der Waals surface area (Å²) in [6.07, 6.45) is 1.14. The smallest absolute Gasteiger partial charge is 0.0393 e. The van der Waals surface area contributed by atoms with Crippen molar-refractivity contribution in [2.75, 3.05) is 12.3 Å². The molecule has 0 heterocycles. The molecule has 0 aromatic carbocycles. The van der Waals surface area contributed by atoms with Crippen LogP contribution in [0.25, 0.3) is 0 Å². The predicted molar refractivity (Wildman–Crippen MR) is 65.1 cm³/mol. The van der Waals surface area contributed by atoms with Gasteiger partial charge in [-0.15, -0.1) is 0 Å². The van der Waals surface area contributed by atoms with Gasteiger partial charge in [0.1, 0.15) is 0 Å². The van der Waals surface area contributed by atoms with Crippen molar-refractivity contribution in [2.24, 2.45) is 5.92 Å². The van der Waals surface area contributed by atoms with Crippen LogP contribution in [0.15, 0.2) is 0 Å². The lowest BCUT2D eigenvalue weighted by atomic mass is 10.1. The quantitative estimate of drug-likeness (QED) is 0.711. The van der Waals surface area contributed by atoms with Crippen LogP contribution in [-0.4, -0.2) is 27.8 Å². The highest BCUT2D eigenvalue weighted by Crippen LogP contribution is 2.06. The minimum Gasteiger partial charge on any atom is -0.313 e. The summed E-state index contributed by atoms with van der Waals surface area (Å²) in [5.41, 5.74) is 0. The van der Waals surface area contributed by atoms with Gasteiger partial charge in [-0.1, -0.05) is 34.6 Å². The van der Waals surface area contributed by atoms with Crippen molar-refractivity contribution in [3.8, 4) is 0 Å². The minimum atomic E-state index is -0.688. The molecule has 0 saturated heterocycles. The van der Waals surface area contributed by atoms with Crippen molar-refractivity contribution in [1.82, 2.24) is 5.32 Å². The van der Waals surface area contributed by atoms with E-state index in [9.17, 15) is 4.21 Å². The van der Waals surface area contributed by atoms with Crippen LogP contribution >= 0.6 is 0 Å². The lowest BCUT2D eigenvalue weighted by molar-refractivity contribution is 0.430. The van der Waals surface area contributed by atoms with Crippen molar-refractivity contribution in [2.45, 2.75) is 52.3 Å². The molecule has 0 aliphatic heterocycles. The van der Waals surface area contributed by atoms with Crippen LogP contribution in [0.2, 0.25) is 0 Å². The van der Waals surface area contributed by atoms with Gasteiger partial charge in [0.15, 0.2) is 0 Å². The van der Waals surface area contributed by atoms with Crippen LogP contribution in [0.5, 0.6) is 0 Å². The van der Waals surface area contributed by atoms with E-state index in [1.54, 1.807) is 0 Å². The molecule has 0 radical (unpaired) electrons. The third-order valence-corrected chi connectivity index (χ3v) is 4.07. The SMILES string of the molecule is CCCNC(CS(=O)C(C)C)C(C)C. The first-order valence-electron chi connectivity index (χ1n) is 5.59. The monoisotopic (exact) mass is 219 g/mol. The topological polar surface area (TPSA) is 29.1 Å². The van der Waals surface area contributed by atoms with Crippen LogP contribution in [0.1, 0.15) is 41.0 Å². The van der Waals surface area contributed by atoms with E-state index in [2.05, 4.69) is 26.1 Å². The standard InChI is InChI=1S/C11H25NOS/c1-6-7-12-11(9(2)3)8-14(13)10(4)5/h9-12H,6-8H2,1-5H3. The maximum atomic E-state index is 11.7. The van der Waals surface area contributed by atoms with E-state index >= 15 is 0 Å². The van der Waals surface area contributed by atoms with Gasteiger partial charge in [-0.05, 0) is 18.9 Å². The average molecular weight is 219 g/mol. The fourth-order valence-electron chi connectivity index (χ4n) is 1.19. The van der Waals surface area contributed by atoms with Gasteiger partial charge >= 0.3 is 0 Å². The molecule has 0 aromatic heterocycles. The van der Waals surface area contributed by atoms with Crippen LogP contribution < -0.4 is 5.32 Å². The second-order valence-electron chi connectivity index (χ2n) is 4.40. The second-order valence-corrected chi connectivity index (χ2v) is 6.44. The summed E-state index contributed by atoms with van der Waals surface area (Å²) in [5.74, 6) is 1.35. The lowest BCUT2D eigenvalue weighted by Gasteiger charge is -2.22. The van der Waals surface area contributed by atoms with Gasteiger partial charge in [-0.3, -0.25) is 4.21 Å². The largest absolute Gasteiger partial charge is 0.313 e. The fraction of sp³-hybridized carbons (Fsp3) is 1.00. The third kappa shape index (κ3) is 5.76. The number of hydrogen-bond acceptors (Lipinski definition) is 2. The maximum Gasteiger partial charge on any atom is 0.0393 e. The average Bonchev–Trinajstić information content (AvgIpc) is 2.10. The van der Waals surface area contributed by atoms with Crippen molar-refractivity contribution >= 4 is 10.8 Å². The highest BCUT2D eigenvalue weighted by atomic mass is 32.2. The molecule has 0 rings (SSSR count). The Morgan fingerprint density at radius 1 is 1.21 bits per heavy atom. The Bertz CT molecular complexity index is 169. The normalized spacial score (nSPS) is 16.2. The molecule has 2 atom stereocenters. The molecule has 1 N–H and O–H groups in total. The molecule has 2 unspecified atom stereocenters. The first-order chi connectivity index (χ1) is 6.49. The molecule has 2 nitrogen and oxygen atoms in total. The van der Waals surface area contributed by atoms with E-state index in [0.717, 1.165) is 18.7 Å². The number of nitrogens with one attached hydrogen (secondary N) is 1. The van der Waals surface area contributed by atoms with E-state index in [4.69, 9.17) is 0 Å². The van der Waals surface area contributed by atoms with Crippen molar-refractivity contribution < 1.29 is 4.21 Å². The first kappa shape index (κ1) is 14.1. The van der Waals surface area contributed by atoms with E-state index in [1.165, 1.54) is 0 Å². The lowest BCUT2D eigenvalue weighted by Crippen LogP contribution is -2.40. The zero-order valence-electron chi connectivity index (χ0n) is 10.2. The highest BCUT2D eigenvalue weighted by molar-refractivity contribution is 7.85. The molecular formula is C11H25NOS. The molecule has 0 aliphatic carbocycles. The molecule has 0 fully saturated rings. The van der Waals surface area contributed by atoms with Crippen molar-refractivity contribution in [3.63, 3.8) is 0 Å². The van der Waals surface area contributed by atoms with Gasteiger partial charge in [-0.25, -0.2) is 0 Å². The first-order valence-corrected chi connectivity index (χ1v) is 6.97. The Morgan fingerprint density at radius 2 is 1.79 bits per heavy atom. The molecule has 14 heavy (non-hydrogen) atoms. The number of hydrogen-bond donors (Lipinski definition) is 1. The van der Waals surface area contributed by atoms with Crippen LogP contribution in [0.3, 0.4) is 0 Å². The summed E-state index contributed by atoms with van der Waals surface area (Å²) in [6.45, 7) is 11.6. The summed E-state index contributed by atoms with van der Waals surface area (Å²) in [5, 5.41) is 3.74. The minimum absolute atomic E-state index is 0.277. The second kappa shape index (κ2) is 7.41. The van der Waals surface area contributed by atoms with Crippen molar-refractivity contribution in [3.05, 3.63) is 0 Å². The van der Waals surface area contributed by atoms with E-state index in [-0.39, 0.29) is 5.25 Å². The Hall–Kier alpha value is 0.110. The molecule has 0 amide bonds. The van der Waals surface area contributed by atoms with Gasteiger partial charge in [0.2, 0.25) is 0 Å². The van der Waals surface area contributed by atoms with Gasteiger partial charge in [0.05, 0.1) is 0 Å². The van der Waals surface area contributed by atoms with Crippen molar-refractivity contribution in [1.29, 1.82) is 0 Å². The summed E-state index contributed by atoms with van der Waals surface area (Å²) in [4.78, 5) is 0. The van der Waals surface area contributed by atoms with Crippen LogP contribution in [0.4, 0.5) is 0 Å². The highest BCUT2D eigenvalue weighted by Gasteiger charge is 2.17. The van der Waals surface area contributed by atoms with E-state index in [0.29, 0.717) is 12.0 Å². The molecule has 0 aliphatic rings. The van der Waals surface area contributed by atoms with Crippen LogP contribution in [0, 0.1) is 5.92 Å². The Kier molecular flexibility index (Phi) is 7.47. The molecule has 3 heteroatoms. The Balaban J connectivity index is 4.02. The summed E-state index contributed by atoms with van der Waals surface area (Å²) in [6, 6.07) is 0.401. The van der Waals surface area contributed by atoms with Gasteiger partial charge in [0, 0.05) is 27.8 Å². The summed E-state index contributed by atoms with van der Waals surface area (Å²) in [7, 11) is -0.688. The molecule has 86 valence electrons. The predicted octanol–water partition coefficient (Wildman–Crippen LogP) is 2.17. The number of rotatable bonds is 7. The Labute approximate surface area is 91.3 Å². The summed E-state index contributed by atoms with van der Waals surface area (Å²) >= 11 is 0. The zero-order chi connectivity index (χ0) is 11.1. The molecule has 0 spiro atoms. The van der Waals surface area contributed by atoms with Gasteiger partial charge in [0.25, 0.3) is 0 Å².